The van der Waals surface area contributed by atoms with Crippen LogP contribution in [-0.2, 0) is 45.6 Å². The van der Waals surface area contributed by atoms with Crippen molar-refractivity contribution in [1.82, 2.24) is 0 Å². The maximum atomic E-state index is 7.79. The Labute approximate surface area is 149 Å². The predicted molar refractivity (Wildman–Crippen MR) is 85.1 cm³/mol. The summed E-state index contributed by atoms with van der Waals surface area (Å²) in [5.74, 6) is 0. The van der Waals surface area contributed by atoms with Gasteiger partial charge in [0.2, 0.25) is 0 Å². The molecular weight excluding hydrogens is 319 g/mol. The van der Waals surface area contributed by atoms with Gasteiger partial charge in [0.1, 0.15) is 0 Å². The van der Waals surface area contributed by atoms with Gasteiger partial charge in [-0.25, -0.2) is 0 Å². The molecule has 103 valence electrons. The molecule has 2 aromatic rings. The molecule has 0 heterocycles. The van der Waals surface area contributed by atoms with Crippen molar-refractivity contribution >= 4 is 11.4 Å². The number of hydrogen-bond donors (Lipinski definition) is 0. The van der Waals surface area contributed by atoms with E-state index in [0.29, 0.717) is 6.04 Å². The van der Waals surface area contributed by atoms with Gasteiger partial charge < -0.3 is 7.43 Å². The molecule has 2 aromatic carbocycles. The first-order valence-corrected chi connectivity index (χ1v) is 6.52. The zero-order valence-corrected chi connectivity index (χ0v) is 15.4. The van der Waals surface area contributed by atoms with Crippen LogP contribution in [0.15, 0.2) is 59.6 Å². The van der Waals surface area contributed by atoms with Crippen LogP contribution in [0.2, 0.25) is 0 Å². The van der Waals surface area contributed by atoms with E-state index in [1.54, 1.807) is 6.07 Å². The van der Waals surface area contributed by atoms with E-state index in [-0.39, 0.29) is 40.1 Å². The van der Waals surface area contributed by atoms with Crippen molar-refractivity contribution in [2.75, 3.05) is 0 Å². The number of aliphatic imine (C=N–C) groups is 1. The molecule has 0 N–H and O–H groups in total. The van der Waals surface area contributed by atoms with E-state index in [0.717, 1.165) is 24.2 Å². The quantitative estimate of drug-likeness (QED) is 0.644. The summed E-state index contributed by atoms with van der Waals surface area (Å²) >= 11 is 0. The molecule has 0 spiro atoms. The van der Waals surface area contributed by atoms with Crippen LogP contribution < -0.4 is 0 Å². The minimum Gasteiger partial charge on any atom is -0.358 e. The molecule has 0 bridgehead atoms. The summed E-state index contributed by atoms with van der Waals surface area (Å²) in [6.07, 6.45) is 1.84. The van der Waals surface area contributed by atoms with Crippen molar-refractivity contribution in [3.05, 3.63) is 73.1 Å². The van der Waals surface area contributed by atoms with Gasteiger partial charge in [-0.3, -0.25) is 4.99 Å². The standard InChI is InChI=1S/C15H13N.C2H6.CH3.Y/c1-2-8-14(9-3-1)16-15-10-12-6-4-5-7-13(12)11-15;1-2;;/h1-9H,10-11H2;1-2H3;1H3;/q;;-1;/i8T;;;. The molecular formula is C18H22NY-. The van der Waals surface area contributed by atoms with Crippen molar-refractivity contribution in [2.45, 2.75) is 26.7 Å². The number of nitrogens with zero attached hydrogens (tertiary/aromatic N) is 1. The maximum absolute atomic E-state index is 7.79. The van der Waals surface area contributed by atoms with Crippen LogP contribution in [0.3, 0.4) is 0 Å². The number of rotatable bonds is 1. The Morgan fingerprint density at radius 3 is 2.00 bits per heavy atom. The molecule has 1 aliphatic carbocycles. The summed E-state index contributed by atoms with van der Waals surface area (Å²) in [5, 5.41) is 0. The van der Waals surface area contributed by atoms with Gasteiger partial charge in [-0.1, -0.05) is 56.3 Å². The zero-order chi connectivity index (χ0) is 13.7. The first-order chi connectivity index (χ1) is 9.33. The largest absolute Gasteiger partial charge is 0.358 e. The Morgan fingerprint density at radius 2 is 1.45 bits per heavy atom. The summed E-state index contributed by atoms with van der Waals surface area (Å²) in [5.41, 5.74) is 4.67. The molecule has 1 radical (unpaired) electrons. The Bertz CT molecular complexity index is 566. The molecule has 20 heavy (non-hydrogen) atoms. The Hall–Kier alpha value is -0.786. The Kier molecular flexibility index (Phi) is 8.65. The number of fused-ring (bicyclic) bond motifs is 1. The fraction of sp³-hybridized carbons (Fsp3) is 0.222. The van der Waals surface area contributed by atoms with Gasteiger partial charge in [0.15, 0.2) is 0 Å². The molecule has 0 amide bonds. The summed E-state index contributed by atoms with van der Waals surface area (Å²) in [7, 11) is 0. The molecule has 0 fully saturated rings. The van der Waals surface area contributed by atoms with E-state index in [4.69, 9.17) is 1.37 Å². The molecule has 0 aliphatic heterocycles. The van der Waals surface area contributed by atoms with Crippen molar-refractivity contribution in [3.8, 4) is 0 Å². The molecule has 3 rings (SSSR count). The van der Waals surface area contributed by atoms with Gasteiger partial charge in [0, 0.05) is 51.3 Å². The molecule has 1 aliphatic rings. The van der Waals surface area contributed by atoms with Crippen LogP contribution in [0.5, 0.6) is 0 Å². The number of hydrogen-bond acceptors (Lipinski definition) is 1. The van der Waals surface area contributed by atoms with Gasteiger partial charge in [-0.05, 0) is 23.2 Å². The van der Waals surface area contributed by atoms with Crippen molar-refractivity contribution in [2.24, 2.45) is 4.99 Å². The molecule has 2 heteroatoms. The second-order valence-electron chi connectivity index (χ2n) is 4.05. The molecule has 0 aromatic heterocycles. The molecule has 1 nitrogen and oxygen atoms in total. The third kappa shape index (κ3) is 4.96. The first kappa shape index (κ1) is 17.3. The summed E-state index contributed by atoms with van der Waals surface area (Å²) in [6.45, 7) is 4.00. The van der Waals surface area contributed by atoms with Gasteiger partial charge in [0.25, 0.3) is 0 Å². The first-order valence-electron chi connectivity index (χ1n) is 7.02. The monoisotopic (exact) mass is 343 g/mol. The third-order valence-electron chi connectivity index (χ3n) is 2.88. The van der Waals surface area contributed by atoms with Crippen molar-refractivity contribution in [1.29, 1.82) is 0 Å². The topological polar surface area (TPSA) is 12.4 Å². The van der Waals surface area contributed by atoms with Gasteiger partial charge >= 0.3 is 0 Å². The minimum absolute atomic E-state index is 0. The molecule has 0 unspecified atom stereocenters. The van der Waals surface area contributed by atoms with Crippen LogP contribution in [-0.4, -0.2) is 5.71 Å². The normalized spacial score (nSPS) is 11.9. The van der Waals surface area contributed by atoms with E-state index in [9.17, 15) is 0 Å². The number of para-hydroxylation sites is 1. The average Bonchev–Trinajstić information content (AvgIpc) is 2.86. The van der Waals surface area contributed by atoms with Crippen LogP contribution in [0, 0.1) is 7.43 Å². The van der Waals surface area contributed by atoms with E-state index < -0.39 is 0 Å². The van der Waals surface area contributed by atoms with Crippen molar-refractivity contribution in [3.63, 3.8) is 0 Å². The van der Waals surface area contributed by atoms with Crippen LogP contribution in [0.4, 0.5) is 5.69 Å². The summed E-state index contributed by atoms with van der Waals surface area (Å²) in [6, 6.07) is 16.4. The number of benzene rings is 2. The third-order valence-corrected chi connectivity index (χ3v) is 2.88. The fourth-order valence-corrected chi connectivity index (χ4v) is 2.11. The van der Waals surface area contributed by atoms with Crippen LogP contribution >= 0.6 is 0 Å². The molecule has 0 saturated heterocycles. The second kappa shape index (κ2) is 10.0. The van der Waals surface area contributed by atoms with Crippen LogP contribution in [0.1, 0.15) is 26.3 Å². The van der Waals surface area contributed by atoms with Crippen molar-refractivity contribution < 1.29 is 34.1 Å². The van der Waals surface area contributed by atoms with E-state index in [1.165, 1.54) is 11.1 Å². The Morgan fingerprint density at radius 1 is 0.900 bits per heavy atom. The van der Waals surface area contributed by atoms with Gasteiger partial charge in [0.05, 0.1) is 7.06 Å². The summed E-state index contributed by atoms with van der Waals surface area (Å²) in [4.78, 5) is 4.60. The minimum atomic E-state index is 0. The Balaban J connectivity index is 0.000000961. The molecule has 0 saturated carbocycles. The van der Waals surface area contributed by atoms with Gasteiger partial charge in [-0.15, -0.1) is 0 Å². The predicted octanol–water partition coefficient (Wildman–Crippen LogP) is 5.03. The average molecular weight is 343 g/mol. The van der Waals surface area contributed by atoms with Crippen LogP contribution in [0.25, 0.3) is 0 Å². The molecule has 0 atom stereocenters. The van der Waals surface area contributed by atoms with E-state index >= 15 is 0 Å². The smallest absolute Gasteiger partial charge is 0.0645 e. The SMILES string of the molecule is CC.[3H]c1ccccc1N=C1Cc2ccccc2C1.[CH3-].[Y]. The summed E-state index contributed by atoms with van der Waals surface area (Å²) < 4.78 is 7.79. The van der Waals surface area contributed by atoms with E-state index in [1.807, 2.05) is 32.0 Å². The van der Waals surface area contributed by atoms with E-state index in [2.05, 4.69) is 29.3 Å². The second-order valence-corrected chi connectivity index (χ2v) is 4.05. The zero-order valence-electron chi connectivity index (χ0n) is 13.6. The van der Waals surface area contributed by atoms with Gasteiger partial charge in [-0.2, -0.15) is 0 Å². The fourth-order valence-electron chi connectivity index (χ4n) is 2.11. The maximum Gasteiger partial charge on any atom is 0.0645 e.